The van der Waals surface area contributed by atoms with Gasteiger partial charge in [0.25, 0.3) is 5.91 Å². The normalized spacial score (nSPS) is 12.4. The van der Waals surface area contributed by atoms with Crippen LogP contribution in [0.2, 0.25) is 5.02 Å². The van der Waals surface area contributed by atoms with Crippen LogP contribution in [0.5, 0.6) is 11.5 Å². The van der Waals surface area contributed by atoms with Crippen LogP contribution in [0.25, 0.3) is 0 Å². The van der Waals surface area contributed by atoms with Gasteiger partial charge in [0.1, 0.15) is 13.2 Å². The van der Waals surface area contributed by atoms with Crippen molar-refractivity contribution in [2.75, 3.05) is 25.1 Å². The number of hydrogen-bond donors (Lipinski definition) is 2. The Morgan fingerprint density at radius 2 is 1.83 bits per heavy atom. The van der Waals surface area contributed by atoms with E-state index < -0.39 is 0 Å². The van der Waals surface area contributed by atoms with Gasteiger partial charge in [0, 0.05) is 22.3 Å². The zero-order valence-corrected chi connectivity index (χ0v) is 13.4. The van der Waals surface area contributed by atoms with Gasteiger partial charge in [0.05, 0.1) is 6.54 Å². The third-order valence-corrected chi connectivity index (χ3v) is 3.56. The molecule has 0 fully saturated rings. The van der Waals surface area contributed by atoms with E-state index in [0.29, 0.717) is 41.0 Å². The van der Waals surface area contributed by atoms with Gasteiger partial charge in [-0.05, 0) is 30.3 Å². The molecule has 1 heterocycles. The second-order valence-electron chi connectivity index (χ2n) is 5.10. The van der Waals surface area contributed by atoms with E-state index in [9.17, 15) is 9.59 Å². The van der Waals surface area contributed by atoms with Crippen LogP contribution >= 0.6 is 11.6 Å². The number of rotatable bonds is 4. The van der Waals surface area contributed by atoms with E-state index in [1.165, 1.54) is 6.07 Å². The SMILES string of the molecule is O=C(CNC(=O)c1cccc(Cl)c1)Nc1ccc2c(c1)OCCO2. The first kappa shape index (κ1) is 16.1. The molecule has 0 aromatic heterocycles. The lowest BCUT2D eigenvalue weighted by molar-refractivity contribution is -0.115. The molecule has 0 bridgehead atoms. The average molecular weight is 347 g/mol. The monoisotopic (exact) mass is 346 g/mol. The number of ether oxygens (including phenoxy) is 2. The number of benzene rings is 2. The highest BCUT2D eigenvalue weighted by molar-refractivity contribution is 6.31. The summed E-state index contributed by atoms with van der Waals surface area (Å²) in [7, 11) is 0. The first-order valence-electron chi connectivity index (χ1n) is 7.35. The van der Waals surface area contributed by atoms with Gasteiger partial charge in [-0.25, -0.2) is 0 Å². The molecule has 2 aromatic rings. The highest BCUT2D eigenvalue weighted by Gasteiger charge is 2.13. The van der Waals surface area contributed by atoms with Crippen molar-refractivity contribution in [3.8, 4) is 11.5 Å². The quantitative estimate of drug-likeness (QED) is 0.891. The van der Waals surface area contributed by atoms with E-state index in [1.807, 2.05) is 0 Å². The minimum Gasteiger partial charge on any atom is -0.486 e. The Morgan fingerprint density at radius 3 is 2.62 bits per heavy atom. The van der Waals surface area contributed by atoms with E-state index in [1.54, 1.807) is 36.4 Å². The minimum absolute atomic E-state index is 0.153. The van der Waals surface area contributed by atoms with Crippen LogP contribution in [0, 0.1) is 0 Å². The summed E-state index contributed by atoms with van der Waals surface area (Å²) in [5, 5.41) is 5.70. The molecule has 0 spiro atoms. The molecule has 2 N–H and O–H groups in total. The third-order valence-electron chi connectivity index (χ3n) is 3.32. The number of anilines is 1. The van der Waals surface area contributed by atoms with Gasteiger partial charge < -0.3 is 20.1 Å². The molecule has 0 saturated carbocycles. The van der Waals surface area contributed by atoms with Gasteiger partial charge in [0.2, 0.25) is 5.91 Å². The smallest absolute Gasteiger partial charge is 0.251 e. The van der Waals surface area contributed by atoms with Crippen LogP contribution in [0.15, 0.2) is 42.5 Å². The molecular weight excluding hydrogens is 332 g/mol. The van der Waals surface area contributed by atoms with Crippen molar-refractivity contribution in [3.63, 3.8) is 0 Å². The Morgan fingerprint density at radius 1 is 1.04 bits per heavy atom. The summed E-state index contributed by atoms with van der Waals surface area (Å²) in [6.45, 7) is 0.828. The fourth-order valence-electron chi connectivity index (χ4n) is 2.22. The number of hydrogen-bond acceptors (Lipinski definition) is 4. The maximum atomic E-state index is 12.0. The van der Waals surface area contributed by atoms with Crippen LogP contribution in [0.4, 0.5) is 5.69 Å². The van der Waals surface area contributed by atoms with Crippen molar-refractivity contribution in [2.45, 2.75) is 0 Å². The van der Waals surface area contributed by atoms with E-state index in [0.717, 1.165) is 0 Å². The topological polar surface area (TPSA) is 76.7 Å². The predicted molar refractivity (Wildman–Crippen MR) is 89.8 cm³/mol. The van der Waals surface area contributed by atoms with E-state index in [2.05, 4.69) is 10.6 Å². The molecule has 2 amide bonds. The summed E-state index contributed by atoms with van der Waals surface area (Å²) in [5.41, 5.74) is 0.968. The summed E-state index contributed by atoms with van der Waals surface area (Å²) in [4.78, 5) is 23.9. The van der Waals surface area contributed by atoms with E-state index in [-0.39, 0.29) is 18.4 Å². The van der Waals surface area contributed by atoms with Crippen LogP contribution < -0.4 is 20.1 Å². The molecule has 2 aromatic carbocycles. The van der Waals surface area contributed by atoms with Gasteiger partial charge >= 0.3 is 0 Å². The second kappa shape index (κ2) is 7.23. The summed E-state index contributed by atoms with van der Waals surface area (Å²) in [6, 6.07) is 11.6. The van der Waals surface area contributed by atoms with Crippen molar-refractivity contribution in [1.82, 2.24) is 5.32 Å². The zero-order chi connectivity index (χ0) is 16.9. The molecule has 6 nitrogen and oxygen atoms in total. The number of fused-ring (bicyclic) bond motifs is 1. The molecule has 1 aliphatic rings. The minimum atomic E-state index is -0.366. The molecule has 0 atom stereocenters. The Labute approximate surface area is 143 Å². The number of carbonyl (C=O) groups is 2. The molecule has 1 aliphatic heterocycles. The lowest BCUT2D eigenvalue weighted by atomic mass is 10.2. The van der Waals surface area contributed by atoms with Crippen molar-refractivity contribution in [3.05, 3.63) is 53.1 Å². The number of amides is 2. The molecule has 0 radical (unpaired) electrons. The maximum Gasteiger partial charge on any atom is 0.251 e. The standard InChI is InChI=1S/C17H15ClN2O4/c18-12-3-1-2-11(8-12)17(22)19-10-16(21)20-13-4-5-14-15(9-13)24-7-6-23-14/h1-5,8-9H,6-7,10H2,(H,19,22)(H,20,21). The Kier molecular flexibility index (Phi) is 4.86. The summed E-state index contributed by atoms with van der Waals surface area (Å²) >= 11 is 5.84. The lowest BCUT2D eigenvalue weighted by Crippen LogP contribution is -2.32. The Hall–Kier alpha value is -2.73. The largest absolute Gasteiger partial charge is 0.486 e. The first-order chi connectivity index (χ1) is 11.6. The second-order valence-corrected chi connectivity index (χ2v) is 5.54. The van der Waals surface area contributed by atoms with Crippen LogP contribution in [-0.4, -0.2) is 31.6 Å². The third kappa shape index (κ3) is 3.97. The highest BCUT2D eigenvalue weighted by Crippen LogP contribution is 2.32. The van der Waals surface area contributed by atoms with Gasteiger partial charge in [-0.3, -0.25) is 9.59 Å². The van der Waals surface area contributed by atoms with Gasteiger partial charge in [-0.15, -0.1) is 0 Å². The van der Waals surface area contributed by atoms with Crippen molar-refractivity contribution >= 4 is 29.1 Å². The van der Waals surface area contributed by atoms with Crippen LogP contribution in [0.1, 0.15) is 10.4 Å². The molecule has 3 rings (SSSR count). The predicted octanol–water partition coefficient (Wildman–Crippen LogP) is 2.48. The van der Waals surface area contributed by atoms with Gasteiger partial charge in [-0.1, -0.05) is 17.7 Å². The molecule has 24 heavy (non-hydrogen) atoms. The van der Waals surface area contributed by atoms with Gasteiger partial charge in [-0.2, -0.15) is 0 Å². The van der Waals surface area contributed by atoms with E-state index in [4.69, 9.17) is 21.1 Å². The van der Waals surface area contributed by atoms with E-state index >= 15 is 0 Å². The van der Waals surface area contributed by atoms with Crippen molar-refractivity contribution in [2.24, 2.45) is 0 Å². The maximum absolute atomic E-state index is 12.0. The summed E-state index contributed by atoms with van der Waals surface area (Å²) < 4.78 is 10.9. The fourth-order valence-corrected chi connectivity index (χ4v) is 2.41. The Balaban J connectivity index is 1.55. The molecule has 7 heteroatoms. The summed E-state index contributed by atoms with van der Waals surface area (Å²) in [6.07, 6.45) is 0. The van der Waals surface area contributed by atoms with Crippen molar-refractivity contribution in [1.29, 1.82) is 0 Å². The molecule has 124 valence electrons. The fraction of sp³-hybridized carbons (Fsp3) is 0.176. The van der Waals surface area contributed by atoms with Crippen molar-refractivity contribution < 1.29 is 19.1 Å². The Bertz CT molecular complexity index is 779. The number of nitrogens with one attached hydrogen (secondary N) is 2. The van der Waals surface area contributed by atoms with Crippen LogP contribution in [-0.2, 0) is 4.79 Å². The zero-order valence-electron chi connectivity index (χ0n) is 12.7. The first-order valence-corrected chi connectivity index (χ1v) is 7.73. The summed E-state index contributed by atoms with van der Waals surface area (Å²) in [5.74, 6) is 0.521. The number of carbonyl (C=O) groups excluding carboxylic acids is 2. The highest BCUT2D eigenvalue weighted by atomic mass is 35.5. The number of halogens is 1. The molecule has 0 saturated heterocycles. The molecule has 0 unspecified atom stereocenters. The lowest BCUT2D eigenvalue weighted by Gasteiger charge is -2.19. The molecule has 0 aliphatic carbocycles. The molecular formula is C17H15ClN2O4. The van der Waals surface area contributed by atoms with Crippen LogP contribution in [0.3, 0.4) is 0 Å². The van der Waals surface area contributed by atoms with Gasteiger partial charge in [0.15, 0.2) is 11.5 Å². The average Bonchev–Trinajstić information content (AvgIpc) is 2.59.